The summed E-state index contributed by atoms with van der Waals surface area (Å²) in [5.74, 6) is 1.07. The average Bonchev–Trinajstić information content (AvgIpc) is 2.48. The molecule has 0 spiro atoms. The minimum Gasteiger partial charge on any atom is -0.508 e. The minimum absolute atomic E-state index is 0.192. The summed E-state index contributed by atoms with van der Waals surface area (Å²) in [6.45, 7) is 4.64. The molecule has 0 aliphatic carbocycles. The van der Waals surface area contributed by atoms with E-state index in [1.54, 1.807) is 18.2 Å². The number of benzene rings is 2. The lowest BCUT2D eigenvalue weighted by molar-refractivity contribution is 0.217. The van der Waals surface area contributed by atoms with Gasteiger partial charge in [-0.25, -0.2) is 0 Å². The van der Waals surface area contributed by atoms with Crippen molar-refractivity contribution in [1.82, 2.24) is 0 Å². The number of nitrogens with one attached hydrogen (secondary N) is 1. The Morgan fingerprint density at radius 1 is 1.24 bits per heavy atom. The zero-order chi connectivity index (χ0) is 15.2. The number of ether oxygens (including phenoxy) is 1. The lowest BCUT2D eigenvalue weighted by Crippen LogP contribution is -2.09. The monoisotopic (exact) mass is 305 g/mol. The van der Waals surface area contributed by atoms with Gasteiger partial charge in [0.1, 0.15) is 11.5 Å². The molecular formula is C17H20ClNO2. The molecule has 2 N–H and O–H groups in total. The Hall–Kier alpha value is -1.87. The Bertz CT molecular complexity index is 601. The van der Waals surface area contributed by atoms with E-state index in [2.05, 4.69) is 12.2 Å². The van der Waals surface area contributed by atoms with E-state index >= 15 is 0 Å². The van der Waals surface area contributed by atoms with Gasteiger partial charge in [0.25, 0.3) is 0 Å². The van der Waals surface area contributed by atoms with Crippen LogP contribution in [0.3, 0.4) is 0 Å². The van der Waals surface area contributed by atoms with Crippen molar-refractivity contribution in [3.8, 4) is 11.5 Å². The molecule has 112 valence electrons. The van der Waals surface area contributed by atoms with Gasteiger partial charge in [0.2, 0.25) is 0 Å². The highest BCUT2D eigenvalue weighted by Gasteiger charge is 2.04. The highest BCUT2D eigenvalue weighted by molar-refractivity contribution is 6.30. The molecule has 0 amide bonds. The van der Waals surface area contributed by atoms with Crippen molar-refractivity contribution in [3.05, 3.63) is 53.1 Å². The molecule has 4 heteroatoms. The van der Waals surface area contributed by atoms with Gasteiger partial charge in [0.15, 0.2) is 0 Å². The summed E-state index contributed by atoms with van der Waals surface area (Å²) in [6, 6.07) is 12.8. The van der Waals surface area contributed by atoms with E-state index in [0.29, 0.717) is 11.6 Å². The van der Waals surface area contributed by atoms with Crippen LogP contribution in [0.15, 0.2) is 42.5 Å². The van der Waals surface area contributed by atoms with Crippen LogP contribution in [0.1, 0.15) is 25.8 Å². The summed E-state index contributed by atoms with van der Waals surface area (Å²) in [6.07, 6.45) is 1.16. The van der Waals surface area contributed by atoms with E-state index in [9.17, 15) is 5.11 Å². The minimum atomic E-state index is 0.192. The second-order valence-electron chi connectivity index (χ2n) is 4.99. The van der Waals surface area contributed by atoms with Crippen molar-refractivity contribution in [2.45, 2.75) is 32.9 Å². The van der Waals surface area contributed by atoms with Crippen molar-refractivity contribution < 1.29 is 9.84 Å². The second kappa shape index (κ2) is 7.23. The van der Waals surface area contributed by atoms with Crippen molar-refractivity contribution >= 4 is 17.3 Å². The SMILES string of the molecule is CCC(C)Oc1cccc(NCc2cc(Cl)ccc2O)c1. The first-order valence-corrected chi connectivity index (χ1v) is 7.44. The number of hydrogen-bond acceptors (Lipinski definition) is 3. The van der Waals surface area contributed by atoms with Crippen LogP contribution >= 0.6 is 11.6 Å². The first kappa shape index (κ1) is 15.5. The third-order valence-electron chi connectivity index (χ3n) is 3.27. The van der Waals surface area contributed by atoms with Crippen LogP contribution in [0, 0.1) is 0 Å². The zero-order valence-electron chi connectivity index (χ0n) is 12.3. The Morgan fingerprint density at radius 3 is 2.81 bits per heavy atom. The van der Waals surface area contributed by atoms with Gasteiger partial charge < -0.3 is 15.2 Å². The third kappa shape index (κ3) is 4.57. The number of anilines is 1. The molecule has 1 unspecified atom stereocenters. The highest BCUT2D eigenvalue weighted by Crippen LogP contribution is 2.24. The normalized spacial score (nSPS) is 12.0. The van der Waals surface area contributed by atoms with Crippen LogP contribution in [0.25, 0.3) is 0 Å². The van der Waals surface area contributed by atoms with Gasteiger partial charge in [0, 0.05) is 28.9 Å². The Labute approximate surface area is 130 Å². The lowest BCUT2D eigenvalue weighted by Gasteiger charge is -2.14. The molecule has 0 aliphatic heterocycles. The van der Waals surface area contributed by atoms with E-state index in [-0.39, 0.29) is 11.9 Å². The van der Waals surface area contributed by atoms with Gasteiger partial charge in [-0.1, -0.05) is 24.6 Å². The summed E-state index contributed by atoms with van der Waals surface area (Å²) >= 11 is 5.94. The predicted molar refractivity (Wildman–Crippen MR) is 87.3 cm³/mol. The van der Waals surface area contributed by atoms with Crippen molar-refractivity contribution in [3.63, 3.8) is 0 Å². The van der Waals surface area contributed by atoms with E-state index in [1.807, 2.05) is 31.2 Å². The lowest BCUT2D eigenvalue weighted by atomic mass is 10.2. The Kier molecular flexibility index (Phi) is 5.34. The van der Waals surface area contributed by atoms with E-state index in [0.717, 1.165) is 23.4 Å². The van der Waals surface area contributed by atoms with Crippen LogP contribution in [0.2, 0.25) is 5.02 Å². The Balaban J connectivity index is 2.03. The van der Waals surface area contributed by atoms with Crippen LogP contribution in [0.4, 0.5) is 5.69 Å². The molecule has 0 saturated carbocycles. The molecule has 0 fully saturated rings. The first-order chi connectivity index (χ1) is 10.1. The number of phenols is 1. The highest BCUT2D eigenvalue weighted by atomic mass is 35.5. The summed E-state index contributed by atoms with van der Waals surface area (Å²) in [7, 11) is 0. The zero-order valence-corrected chi connectivity index (χ0v) is 13.0. The van der Waals surface area contributed by atoms with Crippen LogP contribution in [-0.2, 0) is 6.54 Å². The summed E-state index contributed by atoms with van der Waals surface area (Å²) in [5.41, 5.74) is 1.70. The van der Waals surface area contributed by atoms with Gasteiger partial charge in [0.05, 0.1) is 6.10 Å². The molecule has 1 atom stereocenters. The average molecular weight is 306 g/mol. The third-order valence-corrected chi connectivity index (χ3v) is 3.51. The molecule has 0 bridgehead atoms. The summed E-state index contributed by atoms with van der Waals surface area (Å²) in [5, 5.41) is 13.7. The van der Waals surface area contributed by atoms with Crippen molar-refractivity contribution in [1.29, 1.82) is 0 Å². The van der Waals surface area contributed by atoms with Crippen molar-refractivity contribution in [2.24, 2.45) is 0 Å². The molecule has 0 saturated heterocycles. The maximum atomic E-state index is 9.80. The number of aromatic hydroxyl groups is 1. The van der Waals surface area contributed by atoms with Gasteiger partial charge >= 0.3 is 0 Å². The summed E-state index contributed by atoms with van der Waals surface area (Å²) in [4.78, 5) is 0. The molecule has 0 aromatic heterocycles. The standard InChI is InChI=1S/C17H20ClNO2/c1-3-12(2)21-16-6-4-5-15(10-16)19-11-13-9-14(18)7-8-17(13)20/h4-10,12,19-20H,3,11H2,1-2H3. The maximum absolute atomic E-state index is 9.80. The number of hydrogen-bond donors (Lipinski definition) is 2. The fraction of sp³-hybridized carbons (Fsp3) is 0.294. The summed E-state index contributed by atoms with van der Waals surface area (Å²) < 4.78 is 5.79. The van der Waals surface area contributed by atoms with E-state index < -0.39 is 0 Å². The van der Waals surface area contributed by atoms with Crippen LogP contribution < -0.4 is 10.1 Å². The molecule has 2 aromatic carbocycles. The molecule has 0 radical (unpaired) electrons. The fourth-order valence-corrected chi connectivity index (χ4v) is 2.08. The number of phenolic OH excluding ortho intramolecular Hbond substituents is 1. The molecule has 21 heavy (non-hydrogen) atoms. The molecule has 2 aromatic rings. The van der Waals surface area contributed by atoms with Gasteiger partial charge in [-0.05, 0) is 43.7 Å². The molecular weight excluding hydrogens is 286 g/mol. The molecule has 0 aliphatic rings. The number of halogens is 1. The largest absolute Gasteiger partial charge is 0.508 e. The van der Waals surface area contributed by atoms with Gasteiger partial charge in [-0.15, -0.1) is 0 Å². The van der Waals surface area contributed by atoms with Crippen LogP contribution in [-0.4, -0.2) is 11.2 Å². The maximum Gasteiger partial charge on any atom is 0.121 e. The van der Waals surface area contributed by atoms with E-state index in [4.69, 9.17) is 16.3 Å². The van der Waals surface area contributed by atoms with E-state index in [1.165, 1.54) is 0 Å². The van der Waals surface area contributed by atoms with Crippen molar-refractivity contribution in [2.75, 3.05) is 5.32 Å². The number of rotatable bonds is 6. The predicted octanol–water partition coefficient (Wildman–Crippen LogP) is 4.84. The Morgan fingerprint density at radius 2 is 2.05 bits per heavy atom. The first-order valence-electron chi connectivity index (χ1n) is 7.06. The quantitative estimate of drug-likeness (QED) is 0.802. The smallest absolute Gasteiger partial charge is 0.121 e. The fourth-order valence-electron chi connectivity index (χ4n) is 1.89. The van der Waals surface area contributed by atoms with Crippen LogP contribution in [0.5, 0.6) is 11.5 Å². The molecule has 2 rings (SSSR count). The second-order valence-corrected chi connectivity index (χ2v) is 5.43. The van der Waals surface area contributed by atoms with Gasteiger partial charge in [-0.2, -0.15) is 0 Å². The topological polar surface area (TPSA) is 41.5 Å². The van der Waals surface area contributed by atoms with Gasteiger partial charge in [-0.3, -0.25) is 0 Å². The molecule has 0 heterocycles. The molecule has 3 nitrogen and oxygen atoms in total.